The lowest BCUT2D eigenvalue weighted by Gasteiger charge is -2.08. The fourth-order valence-electron chi connectivity index (χ4n) is 0.549. The monoisotopic (exact) mass is 172 g/mol. The van der Waals surface area contributed by atoms with Crippen LogP contribution in [0.2, 0.25) is 0 Å². The highest BCUT2D eigenvalue weighted by molar-refractivity contribution is 5.82. The molecule has 12 heavy (non-hydrogen) atoms. The van der Waals surface area contributed by atoms with Crippen LogP contribution in [0.15, 0.2) is 5.11 Å². The van der Waals surface area contributed by atoms with E-state index in [1.165, 1.54) is 6.92 Å². The van der Waals surface area contributed by atoms with Gasteiger partial charge in [-0.2, -0.15) is 0 Å². The predicted octanol–water partition coefficient (Wildman–Crippen LogP) is -0.114. The Balaban J connectivity index is 4.13. The quantitative estimate of drug-likeness (QED) is 0.350. The fourth-order valence-corrected chi connectivity index (χ4v) is 0.549. The highest BCUT2D eigenvalue weighted by Crippen LogP contribution is 1.86. The maximum atomic E-state index is 10.4. The van der Waals surface area contributed by atoms with E-state index in [9.17, 15) is 9.59 Å². The summed E-state index contributed by atoms with van der Waals surface area (Å²) < 4.78 is 0. The maximum Gasteiger partial charge on any atom is 0.326 e. The summed E-state index contributed by atoms with van der Waals surface area (Å²) in [5.74, 6) is -1.70. The Hall–Kier alpha value is -1.75. The van der Waals surface area contributed by atoms with Crippen molar-refractivity contribution in [2.24, 2.45) is 5.11 Å². The lowest BCUT2D eigenvalue weighted by molar-refractivity contribution is -0.141. The molecular formula is C5H8N4O3. The SMILES string of the molecule is CC(=O)N[C@@H](CN=[N+]=[N-])C(=O)O. The zero-order valence-electron chi connectivity index (χ0n) is 6.39. The molecule has 0 aliphatic rings. The number of carbonyl (C=O) groups excluding carboxylic acids is 1. The Morgan fingerprint density at radius 1 is 1.75 bits per heavy atom. The largest absolute Gasteiger partial charge is 0.480 e. The van der Waals surface area contributed by atoms with E-state index in [1.54, 1.807) is 0 Å². The number of aliphatic carboxylic acids is 1. The third kappa shape index (κ3) is 4.13. The lowest BCUT2D eigenvalue weighted by atomic mass is 10.3. The van der Waals surface area contributed by atoms with Crippen LogP contribution in [0.5, 0.6) is 0 Å². The maximum absolute atomic E-state index is 10.4. The Kier molecular flexibility index (Phi) is 4.25. The molecule has 0 unspecified atom stereocenters. The summed E-state index contributed by atoms with van der Waals surface area (Å²) in [6.07, 6.45) is 0. The molecule has 7 nitrogen and oxygen atoms in total. The number of amides is 1. The highest BCUT2D eigenvalue weighted by Gasteiger charge is 2.16. The molecule has 0 aromatic heterocycles. The van der Waals surface area contributed by atoms with E-state index < -0.39 is 17.9 Å². The van der Waals surface area contributed by atoms with Gasteiger partial charge in [-0.05, 0) is 5.53 Å². The van der Waals surface area contributed by atoms with Gasteiger partial charge in [0.15, 0.2) is 0 Å². The van der Waals surface area contributed by atoms with Crippen molar-refractivity contribution in [1.82, 2.24) is 5.32 Å². The molecule has 2 N–H and O–H groups in total. The molecule has 0 saturated heterocycles. The topological polar surface area (TPSA) is 115 Å². The van der Waals surface area contributed by atoms with Crippen LogP contribution in [0.1, 0.15) is 6.92 Å². The normalized spacial score (nSPS) is 11.1. The Labute approximate surface area is 68.0 Å². The van der Waals surface area contributed by atoms with Gasteiger partial charge in [-0.25, -0.2) is 4.79 Å². The van der Waals surface area contributed by atoms with Crippen molar-refractivity contribution < 1.29 is 14.7 Å². The summed E-state index contributed by atoms with van der Waals surface area (Å²) in [4.78, 5) is 23.1. The van der Waals surface area contributed by atoms with Crippen molar-refractivity contribution in [1.29, 1.82) is 0 Å². The minimum atomic E-state index is -1.22. The Morgan fingerprint density at radius 3 is 2.67 bits per heavy atom. The molecule has 7 heteroatoms. The molecule has 1 amide bonds. The molecule has 66 valence electrons. The highest BCUT2D eigenvalue weighted by atomic mass is 16.4. The number of hydrogen-bond donors (Lipinski definition) is 2. The van der Waals surface area contributed by atoms with Gasteiger partial charge in [-0.1, -0.05) is 5.11 Å². The second-order valence-electron chi connectivity index (χ2n) is 2.00. The van der Waals surface area contributed by atoms with E-state index >= 15 is 0 Å². The summed E-state index contributed by atoms with van der Waals surface area (Å²) in [5, 5.41) is 13.6. The molecule has 0 aromatic carbocycles. The molecule has 0 saturated carbocycles. The molecule has 0 aliphatic heterocycles. The number of carboxylic acid groups (broad SMARTS) is 1. The first-order valence-electron chi connectivity index (χ1n) is 3.08. The minimum Gasteiger partial charge on any atom is -0.480 e. The molecule has 0 aromatic rings. The van der Waals surface area contributed by atoms with Crippen LogP contribution in [0, 0.1) is 0 Å². The molecule has 0 bridgehead atoms. The molecule has 0 heterocycles. The second kappa shape index (κ2) is 4.97. The van der Waals surface area contributed by atoms with E-state index in [0.29, 0.717) is 0 Å². The van der Waals surface area contributed by atoms with Crippen molar-refractivity contribution in [2.45, 2.75) is 13.0 Å². The minimum absolute atomic E-state index is 0.286. The Bertz CT molecular complexity index is 229. The number of carboxylic acids is 1. The summed E-state index contributed by atoms with van der Waals surface area (Å²) in [5.41, 5.74) is 7.88. The van der Waals surface area contributed by atoms with Crippen LogP contribution in [0.25, 0.3) is 10.4 Å². The van der Waals surface area contributed by atoms with E-state index in [-0.39, 0.29) is 6.54 Å². The van der Waals surface area contributed by atoms with Crippen LogP contribution in [0.3, 0.4) is 0 Å². The average molecular weight is 172 g/mol. The van der Waals surface area contributed by atoms with Gasteiger partial charge in [0.05, 0.1) is 6.54 Å². The van der Waals surface area contributed by atoms with Gasteiger partial charge in [0.2, 0.25) is 5.91 Å². The fraction of sp³-hybridized carbons (Fsp3) is 0.600. The van der Waals surface area contributed by atoms with Crippen LogP contribution in [0.4, 0.5) is 0 Å². The zero-order valence-corrected chi connectivity index (χ0v) is 6.39. The van der Waals surface area contributed by atoms with E-state index in [4.69, 9.17) is 10.6 Å². The first kappa shape index (κ1) is 10.2. The summed E-state index contributed by atoms with van der Waals surface area (Å²) in [6.45, 7) is 0.900. The van der Waals surface area contributed by atoms with Crippen LogP contribution in [-0.2, 0) is 9.59 Å². The van der Waals surface area contributed by atoms with Gasteiger partial charge in [0, 0.05) is 11.8 Å². The molecular weight excluding hydrogens is 164 g/mol. The van der Waals surface area contributed by atoms with Crippen molar-refractivity contribution in [3.8, 4) is 0 Å². The van der Waals surface area contributed by atoms with E-state index in [2.05, 4.69) is 15.3 Å². The number of hydrogen-bond acceptors (Lipinski definition) is 3. The predicted molar refractivity (Wildman–Crippen MR) is 39.3 cm³/mol. The zero-order chi connectivity index (χ0) is 9.56. The molecule has 0 fully saturated rings. The Morgan fingerprint density at radius 2 is 2.33 bits per heavy atom. The third-order valence-corrected chi connectivity index (χ3v) is 1.00. The molecule has 1 atom stereocenters. The van der Waals surface area contributed by atoms with Crippen molar-refractivity contribution >= 4 is 11.9 Å². The molecule has 0 radical (unpaired) electrons. The summed E-state index contributed by atoms with van der Waals surface area (Å²) in [6, 6.07) is -1.14. The second-order valence-corrected chi connectivity index (χ2v) is 2.00. The van der Waals surface area contributed by atoms with Gasteiger partial charge in [0.1, 0.15) is 6.04 Å². The smallest absolute Gasteiger partial charge is 0.326 e. The number of nitrogens with one attached hydrogen (secondary N) is 1. The number of carbonyl (C=O) groups is 2. The standard InChI is InChI=1S/C5H8N4O3/c1-3(10)8-4(5(11)12)2-7-9-6/h4H,2H2,1H3,(H,8,10)(H,11,12)/t4-/m0/s1. The van der Waals surface area contributed by atoms with Crippen LogP contribution < -0.4 is 5.32 Å². The molecule has 0 rings (SSSR count). The van der Waals surface area contributed by atoms with E-state index in [1.807, 2.05) is 0 Å². The number of rotatable bonds is 4. The van der Waals surface area contributed by atoms with Crippen LogP contribution in [-0.4, -0.2) is 29.6 Å². The number of azide groups is 1. The summed E-state index contributed by atoms with van der Waals surface area (Å²) in [7, 11) is 0. The van der Waals surface area contributed by atoms with Gasteiger partial charge >= 0.3 is 5.97 Å². The lowest BCUT2D eigenvalue weighted by Crippen LogP contribution is -2.41. The van der Waals surface area contributed by atoms with Gasteiger partial charge in [-0.15, -0.1) is 0 Å². The average Bonchev–Trinajstić information content (AvgIpc) is 1.96. The van der Waals surface area contributed by atoms with Crippen LogP contribution >= 0.6 is 0 Å². The number of nitrogens with zero attached hydrogens (tertiary/aromatic N) is 3. The van der Waals surface area contributed by atoms with Crippen molar-refractivity contribution in [2.75, 3.05) is 6.54 Å². The molecule has 0 spiro atoms. The van der Waals surface area contributed by atoms with Crippen molar-refractivity contribution in [3.05, 3.63) is 10.4 Å². The first-order valence-corrected chi connectivity index (χ1v) is 3.08. The van der Waals surface area contributed by atoms with Gasteiger partial charge in [0.25, 0.3) is 0 Å². The molecule has 0 aliphatic carbocycles. The van der Waals surface area contributed by atoms with Crippen molar-refractivity contribution in [3.63, 3.8) is 0 Å². The summed E-state index contributed by atoms with van der Waals surface area (Å²) >= 11 is 0. The van der Waals surface area contributed by atoms with Gasteiger partial charge < -0.3 is 10.4 Å². The third-order valence-electron chi connectivity index (χ3n) is 1.00. The van der Waals surface area contributed by atoms with Gasteiger partial charge in [-0.3, -0.25) is 4.79 Å². The van der Waals surface area contributed by atoms with E-state index in [0.717, 1.165) is 0 Å². The first-order chi connectivity index (χ1) is 5.57.